The van der Waals surface area contributed by atoms with Crippen molar-refractivity contribution in [3.63, 3.8) is 0 Å². The molecule has 1 aromatic heterocycles. The Labute approximate surface area is 83.0 Å². The van der Waals surface area contributed by atoms with Crippen LogP contribution in [0.1, 0.15) is 42.1 Å². The minimum Gasteiger partial charge on any atom is -0.463 e. The Hall–Kier alpha value is -1.29. The lowest BCUT2D eigenvalue weighted by atomic mass is 10.1. The number of carbonyl (C=O) groups excluding carboxylic acids is 1. The molecule has 1 rings (SSSR count). The SMILES string of the molecule is CCCC(N)c1ccc(C(=O)OC)o1. The third kappa shape index (κ3) is 2.35. The first-order valence-electron chi connectivity index (χ1n) is 4.62. The van der Waals surface area contributed by atoms with Crippen LogP contribution in [0.2, 0.25) is 0 Å². The maximum absolute atomic E-state index is 11.1. The normalized spacial score (nSPS) is 12.5. The number of nitrogens with two attached hydrogens (primary N) is 1. The third-order valence-corrected chi connectivity index (χ3v) is 1.98. The first-order chi connectivity index (χ1) is 6.69. The summed E-state index contributed by atoms with van der Waals surface area (Å²) in [6.07, 6.45) is 1.82. The molecule has 1 heterocycles. The summed E-state index contributed by atoms with van der Waals surface area (Å²) in [5.41, 5.74) is 5.81. The zero-order valence-electron chi connectivity index (χ0n) is 8.45. The van der Waals surface area contributed by atoms with Gasteiger partial charge >= 0.3 is 5.97 Å². The summed E-state index contributed by atoms with van der Waals surface area (Å²) in [7, 11) is 1.32. The number of esters is 1. The van der Waals surface area contributed by atoms with Crippen LogP contribution in [0.5, 0.6) is 0 Å². The number of carbonyl (C=O) groups is 1. The van der Waals surface area contributed by atoms with E-state index >= 15 is 0 Å². The molecule has 0 bridgehead atoms. The second kappa shape index (κ2) is 4.81. The van der Waals surface area contributed by atoms with Gasteiger partial charge in [0.2, 0.25) is 5.76 Å². The first-order valence-corrected chi connectivity index (χ1v) is 4.62. The quantitative estimate of drug-likeness (QED) is 0.748. The van der Waals surface area contributed by atoms with Gasteiger partial charge in [-0.2, -0.15) is 0 Å². The molecule has 1 atom stereocenters. The van der Waals surface area contributed by atoms with Gasteiger partial charge in [0.25, 0.3) is 0 Å². The molecular weight excluding hydrogens is 182 g/mol. The maximum Gasteiger partial charge on any atom is 0.373 e. The van der Waals surface area contributed by atoms with Crippen molar-refractivity contribution >= 4 is 5.97 Å². The van der Waals surface area contributed by atoms with Gasteiger partial charge in [0.1, 0.15) is 5.76 Å². The predicted octanol–water partition coefficient (Wildman–Crippen LogP) is 1.87. The van der Waals surface area contributed by atoms with Crippen LogP contribution in [0.4, 0.5) is 0 Å². The monoisotopic (exact) mass is 197 g/mol. The molecular formula is C10H15NO3. The van der Waals surface area contributed by atoms with Crippen LogP contribution >= 0.6 is 0 Å². The Bertz CT molecular complexity index is 306. The van der Waals surface area contributed by atoms with Crippen molar-refractivity contribution in [2.45, 2.75) is 25.8 Å². The van der Waals surface area contributed by atoms with Gasteiger partial charge in [0.05, 0.1) is 13.2 Å². The highest BCUT2D eigenvalue weighted by atomic mass is 16.5. The van der Waals surface area contributed by atoms with Gasteiger partial charge in [-0.05, 0) is 18.6 Å². The van der Waals surface area contributed by atoms with Crippen molar-refractivity contribution in [3.05, 3.63) is 23.7 Å². The smallest absolute Gasteiger partial charge is 0.373 e. The van der Waals surface area contributed by atoms with Crippen LogP contribution in [-0.4, -0.2) is 13.1 Å². The van der Waals surface area contributed by atoms with Crippen LogP contribution in [0.25, 0.3) is 0 Å². The molecule has 0 saturated carbocycles. The lowest BCUT2D eigenvalue weighted by Gasteiger charge is -2.05. The Morgan fingerprint density at radius 2 is 2.36 bits per heavy atom. The average Bonchev–Trinajstić information content (AvgIpc) is 2.66. The molecule has 0 aromatic carbocycles. The molecule has 0 aliphatic carbocycles. The molecule has 0 saturated heterocycles. The molecule has 0 amide bonds. The second-order valence-corrected chi connectivity index (χ2v) is 3.09. The number of rotatable bonds is 4. The van der Waals surface area contributed by atoms with E-state index in [4.69, 9.17) is 10.2 Å². The minimum absolute atomic E-state index is 0.140. The Morgan fingerprint density at radius 1 is 1.64 bits per heavy atom. The summed E-state index contributed by atoms with van der Waals surface area (Å²) in [6.45, 7) is 2.05. The lowest BCUT2D eigenvalue weighted by molar-refractivity contribution is 0.0562. The molecule has 4 nitrogen and oxygen atoms in total. The van der Waals surface area contributed by atoms with Crippen molar-refractivity contribution in [3.8, 4) is 0 Å². The van der Waals surface area contributed by atoms with Gasteiger partial charge in [-0.3, -0.25) is 0 Å². The third-order valence-electron chi connectivity index (χ3n) is 1.98. The molecule has 4 heteroatoms. The summed E-state index contributed by atoms with van der Waals surface area (Å²) in [6, 6.07) is 3.15. The van der Waals surface area contributed by atoms with Gasteiger partial charge in [-0.15, -0.1) is 0 Å². The summed E-state index contributed by atoms with van der Waals surface area (Å²) in [5.74, 6) is 0.362. The van der Waals surface area contributed by atoms with Crippen molar-refractivity contribution in [1.82, 2.24) is 0 Å². The highest BCUT2D eigenvalue weighted by molar-refractivity contribution is 5.86. The molecule has 78 valence electrons. The summed E-state index contributed by atoms with van der Waals surface area (Å²) < 4.78 is 9.77. The van der Waals surface area contributed by atoms with Gasteiger partial charge in [0, 0.05) is 0 Å². The van der Waals surface area contributed by atoms with E-state index in [1.807, 2.05) is 6.92 Å². The van der Waals surface area contributed by atoms with Crippen molar-refractivity contribution < 1.29 is 13.9 Å². The Kier molecular flexibility index (Phi) is 3.71. The maximum atomic E-state index is 11.1. The number of methoxy groups -OCH3 is 1. The Morgan fingerprint density at radius 3 is 2.93 bits per heavy atom. The first kappa shape index (κ1) is 10.8. The van der Waals surface area contributed by atoms with Crippen molar-refractivity contribution in [2.75, 3.05) is 7.11 Å². The summed E-state index contributed by atoms with van der Waals surface area (Å²) >= 11 is 0. The van der Waals surface area contributed by atoms with E-state index in [2.05, 4.69) is 4.74 Å². The van der Waals surface area contributed by atoms with E-state index < -0.39 is 5.97 Å². The van der Waals surface area contributed by atoms with Gasteiger partial charge in [-0.25, -0.2) is 4.79 Å². The molecule has 0 spiro atoms. The fraction of sp³-hybridized carbons (Fsp3) is 0.500. The predicted molar refractivity (Wildman–Crippen MR) is 51.9 cm³/mol. The summed E-state index contributed by atoms with van der Waals surface area (Å²) in [5, 5.41) is 0. The molecule has 0 radical (unpaired) electrons. The highest BCUT2D eigenvalue weighted by Crippen LogP contribution is 2.18. The molecule has 2 N–H and O–H groups in total. The van der Waals surface area contributed by atoms with E-state index in [1.165, 1.54) is 7.11 Å². The van der Waals surface area contributed by atoms with E-state index in [9.17, 15) is 4.79 Å². The highest BCUT2D eigenvalue weighted by Gasteiger charge is 2.14. The standard InChI is InChI=1S/C10H15NO3/c1-3-4-7(11)8-5-6-9(14-8)10(12)13-2/h5-7H,3-4,11H2,1-2H3. The molecule has 1 aromatic rings. The number of hydrogen-bond acceptors (Lipinski definition) is 4. The zero-order valence-corrected chi connectivity index (χ0v) is 8.45. The molecule has 0 aliphatic heterocycles. The molecule has 0 fully saturated rings. The minimum atomic E-state index is -0.472. The van der Waals surface area contributed by atoms with E-state index in [1.54, 1.807) is 12.1 Å². The lowest BCUT2D eigenvalue weighted by Crippen LogP contribution is -2.08. The van der Waals surface area contributed by atoms with E-state index in [0.29, 0.717) is 5.76 Å². The van der Waals surface area contributed by atoms with Crippen molar-refractivity contribution in [1.29, 1.82) is 0 Å². The summed E-state index contributed by atoms with van der Waals surface area (Å²) in [4.78, 5) is 11.1. The second-order valence-electron chi connectivity index (χ2n) is 3.09. The van der Waals surface area contributed by atoms with Gasteiger partial charge < -0.3 is 14.9 Å². The largest absolute Gasteiger partial charge is 0.463 e. The fourth-order valence-electron chi connectivity index (χ4n) is 1.22. The number of furan rings is 1. The average molecular weight is 197 g/mol. The van der Waals surface area contributed by atoms with Gasteiger partial charge in [0.15, 0.2) is 0 Å². The number of hydrogen-bond donors (Lipinski definition) is 1. The fourth-order valence-corrected chi connectivity index (χ4v) is 1.22. The van der Waals surface area contributed by atoms with Gasteiger partial charge in [-0.1, -0.05) is 13.3 Å². The van der Waals surface area contributed by atoms with Crippen LogP contribution < -0.4 is 5.73 Å². The molecule has 1 unspecified atom stereocenters. The van der Waals surface area contributed by atoms with Crippen LogP contribution in [0.3, 0.4) is 0 Å². The number of ether oxygens (including phenoxy) is 1. The van der Waals surface area contributed by atoms with Crippen molar-refractivity contribution in [2.24, 2.45) is 5.73 Å². The van der Waals surface area contributed by atoms with Crippen LogP contribution in [0.15, 0.2) is 16.5 Å². The Balaban J connectivity index is 2.72. The molecule has 14 heavy (non-hydrogen) atoms. The van der Waals surface area contributed by atoms with E-state index in [0.717, 1.165) is 12.8 Å². The zero-order chi connectivity index (χ0) is 10.6. The topological polar surface area (TPSA) is 65.5 Å². The molecule has 0 aliphatic rings. The van der Waals surface area contributed by atoms with Crippen LogP contribution in [0, 0.1) is 0 Å². The van der Waals surface area contributed by atoms with Crippen LogP contribution in [-0.2, 0) is 4.74 Å². The van der Waals surface area contributed by atoms with E-state index in [-0.39, 0.29) is 11.8 Å².